The average molecular weight is 222 g/mol. The summed E-state index contributed by atoms with van der Waals surface area (Å²) < 4.78 is 5.45. The van der Waals surface area contributed by atoms with E-state index in [0.29, 0.717) is 6.04 Å². The molecule has 90 valence electrons. The van der Waals surface area contributed by atoms with Crippen molar-refractivity contribution in [1.82, 2.24) is 10.2 Å². The van der Waals surface area contributed by atoms with Crippen LogP contribution in [0, 0.1) is 5.92 Å². The Bertz CT molecular complexity index is 291. The number of nitrogens with zero attached hydrogens (tertiary/aromatic N) is 1. The van der Waals surface area contributed by atoms with Crippen LogP contribution in [0.2, 0.25) is 0 Å². The minimum atomic E-state index is 0.372. The molecular weight excluding hydrogens is 200 g/mol. The molecule has 3 nitrogen and oxygen atoms in total. The van der Waals surface area contributed by atoms with Crippen molar-refractivity contribution in [3.8, 4) is 0 Å². The van der Waals surface area contributed by atoms with E-state index in [-0.39, 0.29) is 0 Å². The summed E-state index contributed by atoms with van der Waals surface area (Å²) in [5, 5.41) is 3.46. The molecule has 0 saturated carbocycles. The van der Waals surface area contributed by atoms with E-state index in [1.165, 1.54) is 19.4 Å². The highest BCUT2D eigenvalue weighted by molar-refractivity contribution is 5.03. The lowest BCUT2D eigenvalue weighted by Crippen LogP contribution is -2.37. The van der Waals surface area contributed by atoms with Gasteiger partial charge in [-0.15, -0.1) is 0 Å². The zero-order chi connectivity index (χ0) is 11.4. The monoisotopic (exact) mass is 222 g/mol. The van der Waals surface area contributed by atoms with Crippen LogP contribution in [0.5, 0.6) is 0 Å². The van der Waals surface area contributed by atoms with Crippen molar-refractivity contribution < 1.29 is 4.42 Å². The van der Waals surface area contributed by atoms with Crippen LogP contribution in [0.3, 0.4) is 0 Å². The van der Waals surface area contributed by atoms with Crippen molar-refractivity contribution in [1.29, 1.82) is 0 Å². The first-order chi connectivity index (χ1) is 7.77. The zero-order valence-corrected chi connectivity index (χ0v) is 10.3. The molecule has 2 rings (SSSR count). The summed E-state index contributed by atoms with van der Waals surface area (Å²) in [6, 6.07) is 4.39. The van der Waals surface area contributed by atoms with E-state index in [4.69, 9.17) is 4.42 Å². The van der Waals surface area contributed by atoms with Crippen molar-refractivity contribution in [3.05, 3.63) is 24.2 Å². The summed E-state index contributed by atoms with van der Waals surface area (Å²) in [6.45, 7) is 5.70. The second-order valence-corrected chi connectivity index (χ2v) is 4.84. The fourth-order valence-corrected chi connectivity index (χ4v) is 2.39. The van der Waals surface area contributed by atoms with Gasteiger partial charge in [0.1, 0.15) is 5.76 Å². The minimum Gasteiger partial charge on any atom is -0.468 e. The lowest BCUT2D eigenvalue weighted by Gasteiger charge is -2.30. The lowest BCUT2D eigenvalue weighted by molar-refractivity contribution is 0.182. The number of hydrogen-bond donors (Lipinski definition) is 1. The van der Waals surface area contributed by atoms with Crippen molar-refractivity contribution in [2.45, 2.75) is 25.8 Å². The van der Waals surface area contributed by atoms with E-state index < -0.39 is 0 Å². The van der Waals surface area contributed by atoms with Crippen LogP contribution in [-0.2, 0) is 0 Å². The molecule has 0 aromatic carbocycles. The standard InChI is InChI=1S/C13H22N2O/c1-11(13-6-4-8-16-13)15(2)10-12-5-3-7-14-9-12/h4,6,8,11-12,14H,3,5,7,9-10H2,1-2H3/t11-,12-/m1/s1. The third kappa shape index (κ3) is 2.86. The first kappa shape index (κ1) is 11.7. The van der Waals surface area contributed by atoms with Gasteiger partial charge in [-0.25, -0.2) is 0 Å². The highest BCUT2D eigenvalue weighted by Crippen LogP contribution is 2.21. The number of nitrogens with one attached hydrogen (secondary N) is 1. The van der Waals surface area contributed by atoms with Crippen LogP contribution in [0.4, 0.5) is 0 Å². The molecule has 1 fully saturated rings. The predicted molar refractivity (Wildman–Crippen MR) is 65.3 cm³/mol. The maximum atomic E-state index is 5.45. The lowest BCUT2D eigenvalue weighted by atomic mass is 9.98. The molecule has 0 spiro atoms. The van der Waals surface area contributed by atoms with Crippen LogP contribution >= 0.6 is 0 Å². The maximum absolute atomic E-state index is 5.45. The van der Waals surface area contributed by atoms with Crippen LogP contribution in [0.1, 0.15) is 31.6 Å². The zero-order valence-electron chi connectivity index (χ0n) is 10.3. The quantitative estimate of drug-likeness (QED) is 0.847. The Morgan fingerprint density at radius 2 is 2.50 bits per heavy atom. The van der Waals surface area contributed by atoms with Crippen molar-refractivity contribution in [3.63, 3.8) is 0 Å². The maximum Gasteiger partial charge on any atom is 0.120 e. The number of rotatable bonds is 4. The Labute approximate surface area is 97.8 Å². The van der Waals surface area contributed by atoms with E-state index >= 15 is 0 Å². The van der Waals surface area contributed by atoms with E-state index in [1.54, 1.807) is 6.26 Å². The Morgan fingerprint density at radius 3 is 3.12 bits per heavy atom. The first-order valence-corrected chi connectivity index (χ1v) is 6.21. The van der Waals surface area contributed by atoms with Gasteiger partial charge in [-0.05, 0) is 58.0 Å². The first-order valence-electron chi connectivity index (χ1n) is 6.21. The highest BCUT2D eigenvalue weighted by Gasteiger charge is 2.19. The molecule has 1 aliphatic heterocycles. The Kier molecular flexibility index (Phi) is 4.02. The van der Waals surface area contributed by atoms with Crippen molar-refractivity contribution >= 4 is 0 Å². The van der Waals surface area contributed by atoms with Gasteiger partial charge in [0, 0.05) is 6.54 Å². The topological polar surface area (TPSA) is 28.4 Å². The van der Waals surface area contributed by atoms with E-state index in [1.807, 2.05) is 6.07 Å². The second kappa shape index (κ2) is 5.51. The largest absolute Gasteiger partial charge is 0.468 e. The van der Waals surface area contributed by atoms with Gasteiger partial charge in [0.2, 0.25) is 0 Å². The predicted octanol–water partition coefficient (Wildman–Crippen LogP) is 2.27. The summed E-state index contributed by atoms with van der Waals surface area (Å²) >= 11 is 0. The summed E-state index contributed by atoms with van der Waals surface area (Å²) in [5.41, 5.74) is 0. The minimum absolute atomic E-state index is 0.372. The normalized spacial score (nSPS) is 23.6. The smallest absolute Gasteiger partial charge is 0.120 e. The molecule has 1 saturated heterocycles. The van der Waals surface area contributed by atoms with Gasteiger partial charge in [0.15, 0.2) is 0 Å². The van der Waals surface area contributed by atoms with E-state index in [0.717, 1.165) is 24.8 Å². The van der Waals surface area contributed by atoms with Gasteiger partial charge >= 0.3 is 0 Å². The molecule has 1 aromatic heterocycles. The van der Waals surface area contributed by atoms with Crippen LogP contribution in [-0.4, -0.2) is 31.6 Å². The molecular formula is C13H22N2O. The molecule has 0 bridgehead atoms. The van der Waals surface area contributed by atoms with Gasteiger partial charge in [-0.1, -0.05) is 0 Å². The molecule has 0 radical (unpaired) electrons. The number of furan rings is 1. The molecule has 2 heterocycles. The third-order valence-electron chi connectivity index (χ3n) is 3.56. The van der Waals surface area contributed by atoms with Gasteiger partial charge in [0.05, 0.1) is 12.3 Å². The van der Waals surface area contributed by atoms with Crippen LogP contribution < -0.4 is 5.32 Å². The van der Waals surface area contributed by atoms with E-state index in [9.17, 15) is 0 Å². The van der Waals surface area contributed by atoms with Crippen molar-refractivity contribution in [2.75, 3.05) is 26.7 Å². The average Bonchev–Trinajstić information content (AvgIpc) is 2.83. The molecule has 16 heavy (non-hydrogen) atoms. The molecule has 0 aliphatic carbocycles. The molecule has 1 aromatic rings. The second-order valence-electron chi connectivity index (χ2n) is 4.84. The van der Waals surface area contributed by atoms with Gasteiger partial charge < -0.3 is 9.73 Å². The Balaban J connectivity index is 1.84. The summed E-state index contributed by atoms with van der Waals surface area (Å²) in [4.78, 5) is 2.39. The summed E-state index contributed by atoms with van der Waals surface area (Å²) in [7, 11) is 2.18. The molecule has 1 N–H and O–H groups in total. The molecule has 0 amide bonds. The van der Waals surface area contributed by atoms with Gasteiger partial charge in [0.25, 0.3) is 0 Å². The van der Waals surface area contributed by atoms with Crippen LogP contribution in [0.15, 0.2) is 22.8 Å². The van der Waals surface area contributed by atoms with Gasteiger partial charge in [-0.2, -0.15) is 0 Å². The van der Waals surface area contributed by atoms with Gasteiger partial charge in [-0.3, -0.25) is 4.90 Å². The Hall–Kier alpha value is -0.800. The third-order valence-corrected chi connectivity index (χ3v) is 3.56. The highest BCUT2D eigenvalue weighted by atomic mass is 16.3. The summed E-state index contributed by atoms with van der Waals surface area (Å²) in [6.07, 6.45) is 4.41. The number of piperidine rings is 1. The SMILES string of the molecule is C[C@H](c1ccco1)N(C)C[C@@H]1CCCNC1. The summed E-state index contributed by atoms with van der Waals surface area (Å²) in [5.74, 6) is 1.85. The molecule has 0 unspecified atom stereocenters. The molecule has 2 atom stereocenters. The fraction of sp³-hybridized carbons (Fsp3) is 0.692. The van der Waals surface area contributed by atoms with Crippen molar-refractivity contribution in [2.24, 2.45) is 5.92 Å². The fourth-order valence-electron chi connectivity index (χ4n) is 2.39. The van der Waals surface area contributed by atoms with Crippen LogP contribution in [0.25, 0.3) is 0 Å². The molecule has 1 aliphatic rings. The Morgan fingerprint density at radius 1 is 1.62 bits per heavy atom. The van der Waals surface area contributed by atoms with E-state index in [2.05, 4.69) is 30.3 Å². The molecule has 3 heteroatoms. The number of hydrogen-bond acceptors (Lipinski definition) is 3.